The molecular formula is C13H16Cl2N4O. The van der Waals surface area contributed by atoms with Gasteiger partial charge in [0.15, 0.2) is 10.3 Å². The number of nitrogens with zero attached hydrogens (tertiary/aromatic N) is 2. The number of hydrogen-bond acceptors (Lipinski definition) is 4. The fourth-order valence-electron chi connectivity index (χ4n) is 3.24. The maximum Gasteiger partial charge on any atom is 0.224 e. The van der Waals surface area contributed by atoms with E-state index in [9.17, 15) is 4.79 Å². The van der Waals surface area contributed by atoms with E-state index >= 15 is 0 Å². The molecule has 2 fully saturated rings. The zero-order valence-corrected chi connectivity index (χ0v) is 12.4. The highest BCUT2D eigenvalue weighted by atomic mass is 35.5. The van der Waals surface area contributed by atoms with Crippen molar-refractivity contribution in [3.63, 3.8) is 0 Å². The molecule has 3 heterocycles. The fourth-order valence-corrected chi connectivity index (χ4v) is 3.65. The Morgan fingerprint density at radius 2 is 1.85 bits per heavy atom. The molecule has 2 unspecified atom stereocenters. The highest BCUT2D eigenvalue weighted by molar-refractivity contribution is 6.38. The molecule has 2 N–H and O–H groups in total. The average molecular weight is 315 g/mol. The Morgan fingerprint density at radius 1 is 1.25 bits per heavy atom. The lowest BCUT2D eigenvalue weighted by Gasteiger charge is -2.28. The summed E-state index contributed by atoms with van der Waals surface area (Å²) >= 11 is 11.8. The molecule has 0 aromatic carbocycles. The number of halogens is 2. The van der Waals surface area contributed by atoms with Crippen LogP contribution < -0.4 is 10.6 Å². The lowest BCUT2D eigenvalue weighted by molar-refractivity contribution is -0.117. The van der Waals surface area contributed by atoms with Crippen LogP contribution in [0.25, 0.3) is 0 Å². The van der Waals surface area contributed by atoms with Gasteiger partial charge in [0, 0.05) is 18.5 Å². The maximum absolute atomic E-state index is 12.1. The van der Waals surface area contributed by atoms with E-state index in [-0.39, 0.29) is 16.2 Å². The molecule has 2 aliphatic heterocycles. The summed E-state index contributed by atoms with van der Waals surface area (Å²) in [6, 6.07) is 1.16. The van der Waals surface area contributed by atoms with Gasteiger partial charge in [-0.1, -0.05) is 23.2 Å². The van der Waals surface area contributed by atoms with Gasteiger partial charge in [-0.3, -0.25) is 4.79 Å². The first-order chi connectivity index (χ1) is 9.61. The van der Waals surface area contributed by atoms with Crippen LogP contribution in [-0.4, -0.2) is 28.0 Å². The summed E-state index contributed by atoms with van der Waals surface area (Å²) < 4.78 is 0. The van der Waals surface area contributed by atoms with Crippen molar-refractivity contribution < 1.29 is 4.79 Å². The molecule has 0 saturated carbocycles. The predicted octanol–water partition coefficient (Wildman–Crippen LogP) is 2.64. The van der Waals surface area contributed by atoms with Gasteiger partial charge in [0.2, 0.25) is 5.91 Å². The predicted molar refractivity (Wildman–Crippen MR) is 78.0 cm³/mol. The number of anilines is 1. The van der Waals surface area contributed by atoms with Crippen LogP contribution in [0.2, 0.25) is 10.3 Å². The van der Waals surface area contributed by atoms with Gasteiger partial charge >= 0.3 is 0 Å². The van der Waals surface area contributed by atoms with Crippen LogP contribution in [0.15, 0.2) is 6.33 Å². The normalized spacial score (nSPS) is 28.4. The third-order valence-corrected chi connectivity index (χ3v) is 4.64. The Morgan fingerprint density at radius 3 is 2.45 bits per heavy atom. The molecule has 5 nitrogen and oxygen atoms in total. The third-order valence-electron chi connectivity index (χ3n) is 4.06. The van der Waals surface area contributed by atoms with E-state index in [1.165, 1.54) is 19.2 Å². The molecule has 1 aromatic heterocycles. The Hall–Kier alpha value is -0.910. The first-order valence-corrected chi connectivity index (χ1v) is 7.59. The van der Waals surface area contributed by atoms with Crippen LogP contribution in [0.3, 0.4) is 0 Å². The molecule has 20 heavy (non-hydrogen) atoms. The van der Waals surface area contributed by atoms with E-state index in [0.717, 1.165) is 12.8 Å². The zero-order valence-electron chi connectivity index (χ0n) is 10.9. The average Bonchev–Trinajstić information content (AvgIpc) is 2.73. The second-order valence-corrected chi connectivity index (χ2v) is 6.27. The van der Waals surface area contributed by atoms with Crippen molar-refractivity contribution >= 4 is 34.8 Å². The molecule has 0 aliphatic carbocycles. The first kappa shape index (κ1) is 14.0. The molecular weight excluding hydrogens is 299 g/mol. The zero-order chi connectivity index (χ0) is 14.1. The second-order valence-electron chi connectivity index (χ2n) is 5.56. The van der Waals surface area contributed by atoms with Gasteiger partial charge in [0.25, 0.3) is 0 Å². The summed E-state index contributed by atoms with van der Waals surface area (Å²) in [6.45, 7) is 0. The number of hydrogen-bond donors (Lipinski definition) is 2. The van der Waals surface area contributed by atoms with E-state index < -0.39 is 0 Å². The molecule has 1 amide bonds. The molecule has 7 heteroatoms. The smallest absolute Gasteiger partial charge is 0.224 e. The van der Waals surface area contributed by atoms with Crippen molar-refractivity contribution in [2.45, 2.75) is 44.2 Å². The van der Waals surface area contributed by atoms with E-state index in [2.05, 4.69) is 20.6 Å². The minimum absolute atomic E-state index is 0.0742. The molecule has 2 atom stereocenters. The van der Waals surface area contributed by atoms with Crippen LogP contribution >= 0.6 is 23.2 Å². The van der Waals surface area contributed by atoms with Crippen LogP contribution in [0.5, 0.6) is 0 Å². The van der Waals surface area contributed by atoms with Gasteiger partial charge < -0.3 is 10.6 Å². The van der Waals surface area contributed by atoms with Gasteiger partial charge in [-0.05, 0) is 31.6 Å². The molecule has 0 radical (unpaired) electrons. The Bertz CT molecular complexity index is 493. The van der Waals surface area contributed by atoms with Gasteiger partial charge in [0.05, 0.1) is 0 Å². The van der Waals surface area contributed by atoms with Gasteiger partial charge in [0.1, 0.15) is 12.0 Å². The Kier molecular flexibility index (Phi) is 4.10. The highest BCUT2D eigenvalue weighted by Gasteiger charge is 2.34. The summed E-state index contributed by atoms with van der Waals surface area (Å²) in [5.41, 5.74) is 0.303. The quantitative estimate of drug-likeness (QED) is 0.842. The number of piperidine rings is 1. The third kappa shape index (κ3) is 3.05. The first-order valence-electron chi connectivity index (χ1n) is 6.83. The molecule has 2 bridgehead atoms. The number of carbonyl (C=O) groups is 1. The molecule has 1 aromatic rings. The van der Waals surface area contributed by atoms with E-state index in [1.807, 2.05) is 0 Å². The minimum Gasteiger partial charge on any atom is -0.321 e. The van der Waals surface area contributed by atoms with Crippen molar-refractivity contribution in [2.24, 2.45) is 5.92 Å². The minimum atomic E-state index is -0.0742. The lowest BCUT2D eigenvalue weighted by atomic mass is 9.89. The Balaban J connectivity index is 1.60. The lowest BCUT2D eigenvalue weighted by Crippen LogP contribution is -2.39. The molecule has 0 spiro atoms. The number of amides is 1. The van der Waals surface area contributed by atoms with E-state index in [1.54, 1.807) is 0 Å². The van der Waals surface area contributed by atoms with Crippen molar-refractivity contribution in [1.29, 1.82) is 0 Å². The number of aromatic nitrogens is 2. The fraction of sp³-hybridized carbons (Fsp3) is 0.615. The molecule has 108 valence electrons. The van der Waals surface area contributed by atoms with Gasteiger partial charge in [-0.15, -0.1) is 0 Å². The van der Waals surface area contributed by atoms with Crippen LogP contribution in [0.1, 0.15) is 32.1 Å². The number of rotatable bonds is 3. The maximum atomic E-state index is 12.1. The standard InChI is InChI=1S/C13H16Cl2N4O/c14-12-11(13(15)17-6-16-12)19-10(20)5-7-3-8-1-2-9(4-7)18-8/h6-9,18H,1-5H2,(H,19,20). The largest absolute Gasteiger partial charge is 0.321 e. The second kappa shape index (κ2) is 5.84. The number of carbonyl (C=O) groups excluding carboxylic acids is 1. The van der Waals surface area contributed by atoms with Crippen molar-refractivity contribution in [1.82, 2.24) is 15.3 Å². The summed E-state index contributed by atoms with van der Waals surface area (Å²) in [4.78, 5) is 19.8. The van der Waals surface area contributed by atoms with Crippen molar-refractivity contribution in [2.75, 3.05) is 5.32 Å². The summed E-state index contributed by atoms with van der Waals surface area (Å²) in [5.74, 6) is 0.353. The highest BCUT2D eigenvalue weighted by Crippen LogP contribution is 2.33. The van der Waals surface area contributed by atoms with Crippen molar-refractivity contribution in [3.8, 4) is 0 Å². The SMILES string of the molecule is O=C(CC1CC2CCC(C1)N2)Nc1c(Cl)ncnc1Cl. The van der Waals surface area contributed by atoms with Gasteiger partial charge in [-0.2, -0.15) is 0 Å². The number of nitrogens with one attached hydrogen (secondary N) is 2. The van der Waals surface area contributed by atoms with E-state index in [0.29, 0.717) is 30.1 Å². The molecule has 2 aliphatic rings. The summed E-state index contributed by atoms with van der Waals surface area (Å²) in [7, 11) is 0. The van der Waals surface area contributed by atoms with Crippen LogP contribution in [0.4, 0.5) is 5.69 Å². The molecule has 2 saturated heterocycles. The van der Waals surface area contributed by atoms with Crippen LogP contribution in [-0.2, 0) is 4.79 Å². The van der Waals surface area contributed by atoms with Gasteiger partial charge in [-0.25, -0.2) is 9.97 Å². The summed E-state index contributed by atoms with van der Waals surface area (Å²) in [5, 5.41) is 6.64. The summed E-state index contributed by atoms with van der Waals surface area (Å²) in [6.07, 6.45) is 6.36. The molecule has 3 rings (SSSR count). The topological polar surface area (TPSA) is 66.9 Å². The Labute approximate surface area is 127 Å². The monoisotopic (exact) mass is 314 g/mol. The number of fused-ring (bicyclic) bond motifs is 2. The van der Waals surface area contributed by atoms with Crippen molar-refractivity contribution in [3.05, 3.63) is 16.6 Å². The van der Waals surface area contributed by atoms with Crippen LogP contribution in [0, 0.1) is 5.92 Å². The van der Waals surface area contributed by atoms with E-state index in [4.69, 9.17) is 23.2 Å².